The first kappa shape index (κ1) is 10.4. The van der Waals surface area contributed by atoms with Crippen molar-refractivity contribution in [3.63, 3.8) is 0 Å². The first-order valence-electron chi connectivity index (χ1n) is 4.45. The number of nitrogens with one attached hydrogen (secondary N) is 1. The van der Waals surface area contributed by atoms with Gasteiger partial charge in [0.05, 0.1) is 6.54 Å². The summed E-state index contributed by atoms with van der Waals surface area (Å²) in [6, 6.07) is 3.62. The van der Waals surface area contributed by atoms with Crippen molar-refractivity contribution in [2.75, 3.05) is 0 Å². The number of aromatic nitrogens is 2. The van der Waals surface area contributed by atoms with Crippen molar-refractivity contribution in [3.8, 4) is 6.07 Å². The fourth-order valence-corrected chi connectivity index (χ4v) is 1.95. The Morgan fingerprint density at radius 3 is 2.94 bits per heavy atom. The van der Waals surface area contributed by atoms with Crippen molar-refractivity contribution in [3.05, 3.63) is 55.0 Å². The third-order valence-electron chi connectivity index (χ3n) is 2.06. The fourth-order valence-electron chi connectivity index (χ4n) is 1.29. The highest BCUT2D eigenvalue weighted by Crippen LogP contribution is 2.06. The van der Waals surface area contributed by atoms with Crippen molar-refractivity contribution >= 4 is 11.3 Å². The van der Waals surface area contributed by atoms with Gasteiger partial charge in [0.25, 0.3) is 5.56 Å². The van der Waals surface area contributed by atoms with Gasteiger partial charge in [0.2, 0.25) is 0 Å². The lowest BCUT2D eigenvalue weighted by atomic mass is 10.3. The monoisotopic (exact) mass is 233 g/mol. The van der Waals surface area contributed by atoms with E-state index in [9.17, 15) is 9.59 Å². The number of aromatic amines is 1. The van der Waals surface area contributed by atoms with Crippen LogP contribution in [0.4, 0.5) is 0 Å². The molecule has 80 valence electrons. The molecule has 2 aromatic rings. The minimum atomic E-state index is -0.644. The highest BCUT2D eigenvalue weighted by Gasteiger charge is 2.04. The molecule has 0 spiro atoms. The maximum Gasteiger partial charge on any atom is 0.328 e. The zero-order valence-corrected chi connectivity index (χ0v) is 8.95. The van der Waals surface area contributed by atoms with Crippen LogP contribution in [0.2, 0.25) is 0 Å². The van der Waals surface area contributed by atoms with Gasteiger partial charge in [-0.3, -0.25) is 14.3 Å². The molecule has 5 nitrogen and oxygen atoms in total. The van der Waals surface area contributed by atoms with E-state index in [4.69, 9.17) is 5.26 Å². The summed E-state index contributed by atoms with van der Waals surface area (Å²) < 4.78 is 1.31. The maximum atomic E-state index is 11.4. The van der Waals surface area contributed by atoms with Crippen LogP contribution in [0.5, 0.6) is 0 Å². The molecular weight excluding hydrogens is 226 g/mol. The number of nitrogens with zero attached hydrogens (tertiary/aromatic N) is 2. The third kappa shape index (κ3) is 1.94. The molecule has 0 aliphatic heterocycles. The molecule has 2 aromatic heterocycles. The van der Waals surface area contributed by atoms with Gasteiger partial charge in [0, 0.05) is 6.20 Å². The molecule has 6 heteroatoms. The normalized spacial score (nSPS) is 9.94. The van der Waals surface area contributed by atoms with Crippen LogP contribution in [0.1, 0.15) is 11.1 Å². The van der Waals surface area contributed by atoms with E-state index in [-0.39, 0.29) is 5.56 Å². The van der Waals surface area contributed by atoms with Gasteiger partial charge < -0.3 is 0 Å². The zero-order valence-electron chi connectivity index (χ0n) is 8.14. The van der Waals surface area contributed by atoms with Gasteiger partial charge in [0.15, 0.2) is 0 Å². The summed E-state index contributed by atoms with van der Waals surface area (Å²) in [5.74, 6) is 0. The van der Waals surface area contributed by atoms with E-state index in [1.165, 1.54) is 22.1 Å². The van der Waals surface area contributed by atoms with Gasteiger partial charge in [-0.2, -0.15) is 16.6 Å². The van der Waals surface area contributed by atoms with Crippen LogP contribution in [0.15, 0.2) is 32.6 Å². The molecule has 0 fully saturated rings. The molecule has 1 N–H and O–H groups in total. The lowest BCUT2D eigenvalue weighted by molar-refractivity contribution is 0.719. The molecule has 16 heavy (non-hydrogen) atoms. The summed E-state index contributed by atoms with van der Waals surface area (Å²) in [6.45, 7) is 0.355. The average molecular weight is 233 g/mol. The van der Waals surface area contributed by atoms with Crippen molar-refractivity contribution in [1.82, 2.24) is 9.55 Å². The molecule has 0 aliphatic rings. The number of hydrogen-bond acceptors (Lipinski definition) is 4. The highest BCUT2D eigenvalue weighted by atomic mass is 32.1. The molecule has 0 atom stereocenters. The van der Waals surface area contributed by atoms with Crippen LogP contribution in [-0.2, 0) is 6.54 Å². The van der Waals surface area contributed by atoms with Gasteiger partial charge in [-0.25, -0.2) is 4.79 Å². The topological polar surface area (TPSA) is 78.7 Å². The number of hydrogen-bond donors (Lipinski definition) is 1. The van der Waals surface area contributed by atoms with Crippen molar-refractivity contribution in [1.29, 1.82) is 5.26 Å². The average Bonchev–Trinajstić information content (AvgIpc) is 2.75. The highest BCUT2D eigenvalue weighted by molar-refractivity contribution is 7.07. The Bertz CT molecular complexity index is 646. The number of nitriles is 1. The van der Waals surface area contributed by atoms with Crippen molar-refractivity contribution in [2.45, 2.75) is 6.54 Å². The third-order valence-corrected chi connectivity index (χ3v) is 2.80. The smallest absolute Gasteiger partial charge is 0.295 e. The van der Waals surface area contributed by atoms with Gasteiger partial charge in [-0.1, -0.05) is 0 Å². The molecule has 0 unspecified atom stereocenters. The SMILES string of the molecule is N#Cc1cn(Cc2ccsc2)c(=O)[nH]c1=O. The second-order valence-corrected chi connectivity index (χ2v) is 3.95. The summed E-state index contributed by atoms with van der Waals surface area (Å²) in [4.78, 5) is 24.7. The van der Waals surface area contributed by atoms with E-state index in [0.717, 1.165) is 5.56 Å². The minimum Gasteiger partial charge on any atom is -0.295 e. The van der Waals surface area contributed by atoms with Crippen LogP contribution in [0.3, 0.4) is 0 Å². The first-order valence-corrected chi connectivity index (χ1v) is 5.40. The predicted molar refractivity (Wildman–Crippen MR) is 59.5 cm³/mol. The van der Waals surface area contributed by atoms with Crippen LogP contribution in [0.25, 0.3) is 0 Å². The zero-order chi connectivity index (χ0) is 11.5. The summed E-state index contributed by atoms with van der Waals surface area (Å²) in [5.41, 5.74) is -0.248. The number of rotatable bonds is 2. The molecule has 0 aliphatic carbocycles. The van der Waals surface area contributed by atoms with Crippen LogP contribution in [-0.4, -0.2) is 9.55 Å². The van der Waals surface area contributed by atoms with E-state index < -0.39 is 11.2 Å². The molecule has 0 amide bonds. The standard InChI is InChI=1S/C10H7N3O2S/c11-3-8-5-13(10(15)12-9(8)14)4-7-1-2-16-6-7/h1-2,5-6H,4H2,(H,12,14,15). The van der Waals surface area contributed by atoms with Crippen molar-refractivity contribution in [2.24, 2.45) is 0 Å². The quantitative estimate of drug-likeness (QED) is 0.821. The Morgan fingerprint density at radius 2 is 2.31 bits per heavy atom. The van der Waals surface area contributed by atoms with Crippen LogP contribution in [0, 0.1) is 11.3 Å². The Hall–Kier alpha value is -2.13. The fraction of sp³-hybridized carbons (Fsp3) is 0.100. The summed E-state index contributed by atoms with van der Waals surface area (Å²) in [5, 5.41) is 12.5. The van der Waals surface area contributed by atoms with Gasteiger partial charge >= 0.3 is 5.69 Å². The molecular formula is C10H7N3O2S. The van der Waals surface area contributed by atoms with E-state index in [1.54, 1.807) is 6.07 Å². The van der Waals surface area contributed by atoms with Gasteiger partial charge in [0.1, 0.15) is 11.6 Å². The molecule has 2 heterocycles. The van der Waals surface area contributed by atoms with E-state index in [0.29, 0.717) is 6.54 Å². The molecule has 0 radical (unpaired) electrons. The number of H-pyrrole nitrogens is 1. The molecule has 0 aromatic carbocycles. The lowest BCUT2D eigenvalue weighted by Gasteiger charge is -2.02. The molecule has 0 saturated carbocycles. The number of thiophene rings is 1. The Labute approximate surface area is 94.2 Å². The van der Waals surface area contributed by atoms with Gasteiger partial charge in [-0.05, 0) is 22.4 Å². The predicted octanol–water partition coefficient (Wildman–Crippen LogP) is 0.518. The molecule has 0 saturated heterocycles. The molecule has 0 bridgehead atoms. The Kier molecular flexibility index (Phi) is 2.70. The Morgan fingerprint density at radius 1 is 1.50 bits per heavy atom. The van der Waals surface area contributed by atoms with E-state index >= 15 is 0 Å². The molecule has 2 rings (SSSR count). The minimum absolute atomic E-state index is 0.0603. The van der Waals surface area contributed by atoms with Crippen LogP contribution < -0.4 is 11.2 Å². The summed E-state index contributed by atoms with van der Waals surface area (Å²) in [7, 11) is 0. The Balaban J connectivity index is 2.46. The second-order valence-electron chi connectivity index (χ2n) is 3.17. The first-order chi connectivity index (χ1) is 7.70. The maximum absolute atomic E-state index is 11.4. The van der Waals surface area contributed by atoms with Gasteiger partial charge in [-0.15, -0.1) is 0 Å². The lowest BCUT2D eigenvalue weighted by Crippen LogP contribution is -2.31. The summed E-state index contributed by atoms with van der Waals surface area (Å²) >= 11 is 1.53. The van der Waals surface area contributed by atoms with E-state index in [1.807, 2.05) is 16.8 Å². The summed E-state index contributed by atoms with van der Waals surface area (Å²) in [6.07, 6.45) is 1.28. The van der Waals surface area contributed by atoms with E-state index in [2.05, 4.69) is 4.98 Å². The largest absolute Gasteiger partial charge is 0.328 e. The van der Waals surface area contributed by atoms with Crippen LogP contribution >= 0.6 is 11.3 Å². The second kappa shape index (κ2) is 4.16. The van der Waals surface area contributed by atoms with Crippen molar-refractivity contribution < 1.29 is 0 Å².